The molecule has 2 aliphatic heterocycles. The second-order valence-corrected chi connectivity index (χ2v) is 9.95. The third-order valence-corrected chi connectivity index (χ3v) is 6.41. The van der Waals surface area contributed by atoms with Gasteiger partial charge in [-0.05, 0) is 12.1 Å². The van der Waals surface area contributed by atoms with Gasteiger partial charge in [0.25, 0.3) is 0 Å². The zero-order chi connectivity index (χ0) is 24.8. The van der Waals surface area contributed by atoms with E-state index in [4.69, 9.17) is 16.3 Å². The van der Waals surface area contributed by atoms with Crippen molar-refractivity contribution in [2.45, 2.75) is 18.5 Å². The molecule has 8 nitrogen and oxygen atoms in total. The van der Waals surface area contributed by atoms with Crippen molar-refractivity contribution in [1.82, 2.24) is 14.6 Å². The molecule has 1 aromatic carbocycles. The maximum absolute atomic E-state index is 14.7. The van der Waals surface area contributed by atoms with Gasteiger partial charge in [-0.25, -0.2) is 36.1 Å². The van der Waals surface area contributed by atoms with Gasteiger partial charge in [0.1, 0.15) is 23.4 Å². The molecule has 180 valence electrons. The van der Waals surface area contributed by atoms with Gasteiger partial charge in [-0.15, -0.1) is 0 Å². The summed E-state index contributed by atoms with van der Waals surface area (Å²) in [5.41, 5.74) is 0.246. The number of aliphatic imine (C=N–C) groups is 1. The van der Waals surface area contributed by atoms with Crippen molar-refractivity contribution >= 4 is 33.4 Å². The van der Waals surface area contributed by atoms with E-state index in [1.807, 2.05) is 0 Å². The molecule has 0 radical (unpaired) electrons. The predicted octanol–water partition coefficient (Wildman–Crippen LogP) is 2.70. The van der Waals surface area contributed by atoms with Gasteiger partial charge in [-0.3, -0.25) is 4.99 Å². The highest BCUT2D eigenvalue weighted by Gasteiger charge is 2.43. The van der Waals surface area contributed by atoms with Crippen LogP contribution in [0.2, 0.25) is 5.02 Å². The number of benzene rings is 1. The van der Waals surface area contributed by atoms with Gasteiger partial charge < -0.3 is 9.64 Å². The highest BCUT2D eigenvalue weighted by atomic mass is 35.5. The zero-order valence-electron chi connectivity index (χ0n) is 17.9. The van der Waals surface area contributed by atoms with Crippen LogP contribution in [0.5, 0.6) is 0 Å². The first-order valence-corrected chi connectivity index (χ1v) is 12.2. The molecule has 1 aromatic heterocycles. The third kappa shape index (κ3) is 4.65. The highest BCUT2D eigenvalue weighted by Crippen LogP contribution is 2.42. The topological polar surface area (TPSA) is 101 Å². The molecule has 2 aliphatic rings. The molecule has 13 heteroatoms. The maximum atomic E-state index is 14.7. The zero-order valence-corrected chi connectivity index (χ0v) is 19.4. The molecule has 1 N–H and O–H groups in total. The molecule has 0 saturated carbocycles. The molecule has 0 aliphatic carbocycles. The van der Waals surface area contributed by atoms with E-state index in [1.165, 1.54) is 11.0 Å². The summed E-state index contributed by atoms with van der Waals surface area (Å²) in [7, 11) is -2.47. The quantitative estimate of drug-likeness (QED) is 0.616. The number of amidine groups is 1. The van der Waals surface area contributed by atoms with Crippen molar-refractivity contribution in [3.63, 3.8) is 0 Å². The Morgan fingerprint density at radius 3 is 2.59 bits per heavy atom. The number of aromatic nitrogens is 1. The van der Waals surface area contributed by atoms with Gasteiger partial charge in [-0.2, -0.15) is 0 Å². The van der Waals surface area contributed by atoms with E-state index in [1.54, 1.807) is 0 Å². The fourth-order valence-corrected chi connectivity index (χ4v) is 5.09. The molecule has 1 saturated heterocycles. The minimum atomic E-state index is -3.62. The van der Waals surface area contributed by atoms with E-state index in [9.17, 15) is 26.4 Å². The number of pyridine rings is 1. The number of carbonyl (C=O) groups excluding carboxylic acids is 1. The second-order valence-electron chi connectivity index (χ2n) is 7.76. The largest absolute Gasteiger partial charge is 0.466 e. The van der Waals surface area contributed by atoms with Gasteiger partial charge >= 0.3 is 5.97 Å². The molecule has 3 heterocycles. The third-order valence-electron chi connectivity index (χ3n) is 5.32. The lowest BCUT2D eigenvalue weighted by Crippen LogP contribution is -2.40. The summed E-state index contributed by atoms with van der Waals surface area (Å²) in [5, 5.41) is -0.0418. The van der Waals surface area contributed by atoms with Crippen LogP contribution in [0.3, 0.4) is 0 Å². The van der Waals surface area contributed by atoms with Crippen molar-refractivity contribution in [2.75, 3.05) is 19.9 Å². The molecular weight excluding hydrogens is 497 g/mol. The van der Waals surface area contributed by atoms with Gasteiger partial charge in [-0.1, -0.05) is 17.7 Å². The number of sulfonamides is 1. The summed E-state index contributed by atoms with van der Waals surface area (Å²) in [5.74, 6) is -3.38. The van der Waals surface area contributed by atoms with Crippen molar-refractivity contribution < 1.29 is 31.1 Å². The molecule has 1 unspecified atom stereocenters. The Morgan fingerprint density at radius 2 is 1.97 bits per heavy atom. The lowest BCUT2D eigenvalue weighted by atomic mass is 9.94. The van der Waals surface area contributed by atoms with Crippen LogP contribution >= 0.6 is 11.6 Å². The number of nitrogens with zero attached hydrogens (tertiary/aromatic N) is 3. The molecule has 0 amide bonds. The average molecular weight is 515 g/mol. The standard InChI is InChI=1S/C21H18ClF3N4O4S/c1-33-21(30)17-16-7-12(28-34(2,31)32)9-29(16)20(19-15(25)6-11(24)8-26-19)27-18(17)13-4-3-10(23)5-14(13)22/h3-6,8,12,18,28H,7,9H2,1-2H3/t12-,18?/m0/s1. The summed E-state index contributed by atoms with van der Waals surface area (Å²) in [4.78, 5) is 22.6. The first-order chi connectivity index (χ1) is 16.0. The van der Waals surface area contributed by atoms with Gasteiger partial charge in [0.05, 0.1) is 25.1 Å². The van der Waals surface area contributed by atoms with E-state index in [-0.39, 0.29) is 40.7 Å². The lowest BCUT2D eigenvalue weighted by Gasteiger charge is -2.32. The second kappa shape index (κ2) is 9.01. The number of halogens is 4. The Hall–Kier alpha value is -2.96. The molecular formula is C21H18ClF3N4O4S. The molecule has 2 aromatic rings. The average Bonchev–Trinajstić information content (AvgIpc) is 3.14. The Labute approximate surface area is 198 Å². The SMILES string of the molecule is COC(=O)C1=C2C[C@H](NS(C)(=O)=O)CN2C(c2ncc(F)cc2F)=NC1c1ccc(F)cc1Cl. The number of carbonyl (C=O) groups is 1. The fraction of sp³-hybridized carbons (Fsp3) is 0.286. The lowest BCUT2D eigenvalue weighted by molar-refractivity contribution is -0.136. The van der Waals surface area contributed by atoms with E-state index in [0.717, 1.165) is 31.7 Å². The van der Waals surface area contributed by atoms with E-state index in [0.29, 0.717) is 11.8 Å². The Morgan fingerprint density at radius 1 is 1.24 bits per heavy atom. The summed E-state index contributed by atoms with van der Waals surface area (Å²) in [6.07, 6.45) is 1.83. The number of ether oxygens (including phenoxy) is 1. The molecule has 34 heavy (non-hydrogen) atoms. The monoisotopic (exact) mass is 514 g/mol. The summed E-state index contributed by atoms with van der Waals surface area (Å²) >= 11 is 6.25. The molecule has 0 bridgehead atoms. The number of hydrogen-bond acceptors (Lipinski definition) is 7. The van der Waals surface area contributed by atoms with Gasteiger partial charge in [0, 0.05) is 41.4 Å². The number of nitrogens with one attached hydrogen (secondary N) is 1. The van der Waals surface area contributed by atoms with E-state index >= 15 is 0 Å². The Balaban J connectivity index is 1.94. The molecule has 4 rings (SSSR count). The number of rotatable bonds is 5. The van der Waals surface area contributed by atoms with Crippen LogP contribution in [0, 0.1) is 17.5 Å². The van der Waals surface area contributed by atoms with Crippen LogP contribution in [-0.2, 0) is 19.6 Å². The smallest absolute Gasteiger partial charge is 0.338 e. The first-order valence-electron chi connectivity index (χ1n) is 9.89. The van der Waals surface area contributed by atoms with Gasteiger partial charge in [0.2, 0.25) is 10.0 Å². The van der Waals surface area contributed by atoms with Crippen LogP contribution in [0.25, 0.3) is 0 Å². The van der Waals surface area contributed by atoms with E-state index in [2.05, 4.69) is 14.7 Å². The summed E-state index contributed by atoms with van der Waals surface area (Å²) < 4.78 is 73.0. The maximum Gasteiger partial charge on any atom is 0.338 e. The van der Waals surface area contributed by atoms with Crippen LogP contribution in [0.1, 0.15) is 23.7 Å². The first kappa shape index (κ1) is 24.2. The number of esters is 1. The van der Waals surface area contributed by atoms with Crippen LogP contribution in [0.15, 0.2) is 46.7 Å². The van der Waals surface area contributed by atoms with Crippen LogP contribution < -0.4 is 4.72 Å². The normalized spacial score (nSPS) is 20.3. The fourth-order valence-electron chi connectivity index (χ4n) is 4.06. The van der Waals surface area contributed by atoms with E-state index < -0.39 is 45.5 Å². The van der Waals surface area contributed by atoms with Crippen molar-refractivity contribution in [3.8, 4) is 0 Å². The number of methoxy groups -OCH3 is 1. The molecule has 0 spiro atoms. The van der Waals surface area contributed by atoms with Crippen LogP contribution in [0.4, 0.5) is 13.2 Å². The van der Waals surface area contributed by atoms with Gasteiger partial charge in [0.15, 0.2) is 11.7 Å². The van der Waals surface area contributed by atoms with Crippen molar-refractivity contribution in [1.29, 1.82) is 0 Å². The predicted molar refractivity (Wildman–Crippen MR) is 117 cm³/mol. The Bertz CT molecular complexity index is 1350. The summed E-state index contributed by atoms with van der Waals surface area (Å²) in [6, 6.07) is 2.29. The Kier molecular flexibility index (Phi) is 6.40. The van der Waals surface area contributed by atoms with Crippen molar-refractivity contribution in [2.24, 2.45) is 4.99 Å². The minimum absolute atomic E-state index is 0.00982. The summed E-state index contributed by atoms with van der Waals surface area (Å²) in [6.45, 7) is -0.00982. The number of fused-ring (bicyclic) bond motifs is 1. The molecule has 1 fully saturated rings. The minimum Gasteiger partial charge on any atom is -0.466 e. The van der Waals surface area contributed by atoms with Crippen molar-refractivity contribution in [3.05, 3.63) is 75.5 Å². The highest BCUT2D eigenvalue weighted by molar-refractivity contribution is 7.88. The van der Waals surface area contributed by atoms with Crippen LogP contribution in [-0.4, -0.2) is 56.1 Å². The number of hydrogen-bond donors (Lipinski definition) is 1. The molecule has 2 atom stereocenters.